The van der Waals surface area contributed by atoms with E-state index in [4.69, 9.17) is 0 Å². The first-order valence-electron chi connectivity index (χ1n) is 6.75. The number of likely N-dealkylation sites (tertiary alicyclic amines) is 1. The van der Waals surface area contributed by atoms with Gasteiger partial charge in [0.1, 0.15) is 0 Å². The van der Waals surface area contributed by atoms with Crippen LogP contribution in [0.2, 0.25) is 0 Å². The van der Waals surface area contributed by atoms with Crippen LogP contribution in [0.25, 0.3) is 0 Å². The molecule has 0 aromatic heterocycles. The van der Waals surface area contributed by atoms with E-state index in [2.05, 4.69) is 16.5 Å². The van der Waals surface area contributed by atoms with Crippen molar-refractivity contribution in [2.75, 3.05) is 25.5 Å². The Bertz CT molecular complexity index is 335. The summed E-state index contributed by atoms with van der Waals surface area (Å²) in [6.45, 7) is 5.10. The highest BCUT2D eigenvalue weighted by Crippen LogP contribution is 2.18. The Balaban J connectivity index is 2.37. The summed E-state index contributed by atoms with van der Waals surface area (Å²) in [6, 6.07) is 0.713. The minimum absolute atomic E-state index is 0.0732. The molecular weight excluding hydrogens is 255 g/mol. The van der Waals surface area contributed by atoms with E-state index in [1.165, 1.54) is 19.3 Å². The maximum atomic E-state index is 12.0. The van der Waals surface area contributed by atoms with E-state index >= 15 is 0 Å². The summed E-state index contributed by atoms with van der Waals surface area (Å²) in [6.07, 6.45) is 3.69. The molecule has 1 saturated heterocycles. The van der Waals surface area contributed by atoms with Crippen LogP contribution in [0.15, 0.2) is 0 Å². The van der Waals surface area contributed by atoms with Crippen molar-refractivity contribution in [1.82, 2.24) is 9.62 Å². The fraction of sp³-hybridized carbons (Fsp3) is 1.00. The number of sulfonamides is 1. The summed E-state index contributed by atoms with van der Waals surface area (Å²) in [5.41, 5.74) is 0. The van der Waals surface area contributed by atoms with Gasteiger partial charge in [-0.25, -0.2) is 13.1 Å². The van der Waals surface area contributed by atoms with Crippen molar-refractivity contribution in [3.05, 3.63) is 0 Å². The van der Waals surface area contributed by atoms with Crippen molar-refractivity contribution in [2.24, 2.45) is 0 Å². The lowest BCUT2D eigenvalue weighted by molar-refractivity contribution is 0.116. The third-order valence-electron chi connectivity index (χ3n) is 3.57. The zero-order chi connectivity index (χ0) is 13.6. The Hall–Kier alpha value is -0.200. The van der Waals surface area contributed by atoms with E-state index < -0.39 is 16.7 Å². The van der Waals surface area contributed by atoms with Crippen LogP contribution in [-0.2, 0) is 10.0 Å². The molecule has 1 aliphatic rings. The fourth-order valence-electron chi connectivity index (χ4n) is 2.46. The maximum Gasteiger partial charge on any atom is 0.211 e. The van der Waals surface area contributed by atoms with Gasteiger partial charge in [-0.3, -0.25) is 9.29 Å². The van der Waals surface area contributed by atoms with E-state index in [0.717, 1.165) is 6.54 Å². The lowest BCUT2D eigenvalue weighted by Crippen LogP contribution is -2.48. The highest BCUT2D eigenvalue weighted by atomic mass is 32.2. The molecular formula is C12H25FN2O2S. The van der Waals surface area contributed by atoms with Crippen LogP contribution in [0, 0.1) is 0 Å². The molecule has 0 spiro atoms. The number of alkyl halides is 1. The van der Waals surface area contributed by atoms with E-state index in [1.54, 1.807) is 0 Å². The molecule has 1 rings (SSSR count). The van der Waals surface area contributed by atoms with E-state index in [1.807, 2.05) is 6.92 Å². The van der Waals surface area contributed by atoms with Gasteiger partial charge in [-0.05, 0) is 39.7 Å². The summed E-state index contributed by atoms with van der Waals surface area (Å²) in [5, 5.41) is 0. The molecule has 0 saturated carbocycles. The predicted molar refractivity (Wildman–Crippen MR) is 71.9 cm³/mol. The standard InChI is InChI=1S/C12H25FN2O2S/c1-11-6-3-4-8-15(11)12(2)10-14-18(16,17)9-5-7-13/h11-12,14H,3-10H2,1-2H3/t11-,12-/m0/s1. The highest BCUT2D eigenvalue weighted by Gasteiger charge is 2.23. The summed E-state index contributed by atoms with van der Waals surface area (Å²) in [4.78, 5) is 2.35. The van der Waals surface area contributed by atoms with Gasteiger partial charge in [0.25, 0.3) is 0 Å². The average molecular weight is 280 g/mol. The molecule has 0 unspecified atom stereocenters. The zero-order valence-corrected chi connectivity index (χ0v) is 12.2. The Kier molecular flexibility index (Phi) is 6.52. The predicted octanol–water partition coefficient (Wildman–Crippen LogP) is 1.53. The fourth-order valence-corrected chi connectivity index (χ4v) is 3.59. The second kappa shape index (κ2) is 7.40. The summed E-state index contributed by atoms with van der Waals surface area (Å²) >= 11 is 0. The molecule has 108 valence electrons. The number of rotatable bonds is 7. The van der Waals surface area contributed by atoms with Gasteiger partial charge in [0, 0.05) is 18.6 Å². The number of nitrogens with zero attached hydrogens (tertiary/aromatic N) is 1. The van der Waals surface area contributed by atoms with Crippen LogP contribution in [-0.4, -0.2) is 50.9 Å². The van der Waals surface area contributed by atoms with Gasteiger partial charge in [-0.1, -0.05) is 6.42 Å². The number of hydrogen-bond acceptors (Lipinski definition) is 3. The third kappa shape index (κ3) is 5.20. The summed E-state index contributed by atoms with van der Waals surface area (Å²) < 4.78 is 37.7. The van der Waals surface area contributed by atoms with Crippen molar-refractivity contribution in [3.63, 3.8) is 0 Å². The van der Waals surface area contributed by atoms with Crippen LogP contribution >= 0.6 is 0 Å². The molecule has 1 aliphatic heterocycles. The lowest BCUT2D eigenvalue weighted by atomic mass is 10.0. The normalized spacial score (nSPS) is 24.1. The quantitative estimate of drug-likeness (QED) is 0.769. The van der Waals surface area contributed by atoms with Crippen LogP contribution in [0.3, 0.4) is 0 Å². The largest absolute Gasteiger partial charge is 0.297 e. The van der Waals surface area contributed by atoms with Crippen molar-refractivity contribution in [2.45, 2.75) is 51.6 Å². The van der Waals surface area contributed by atoms with Crippen molar-refractivity contribution >= 4 is 10.0 Å². The Morgan fingerprint density at radius 1 is 1.44 bits per heavy atom. The molecule has 0 aliphatic carbocycles. The van der Waals surface area contributed by atoms with Gasteiger partial charge in [0.2, 0.25) is 10.0 Å². The number of nitrogens with one attached hydrogen (secondary N) is 1. The number of halogens is 1. The van der Waals surface area contributed by atoms with Crippen LogP contribution in [0.5, 0.6) is 0 Å². The topological polar surface area (TPSA) is 49.4 Å². The molecule has 18 heavy (non-hydrogen) atoms. The van der Waals surface area contributed by atoms with Gasteiger partial charge in [-0.2, -0.15) is 0 Å². The van der Waals surface area contributed by atoms with E-state index in [0.29, 0.717) is 12.6 Å². The van der Waals surface area contributed by atoms with Crippen molar-refractivity contribution in [1.29, 1.82) is 0 Å². The molecule has 2 atom stereocenters. The first-order valence-corrected chi connectivity index (χ1v) is 8.40. The molecule has 1 N–H and O–H groups in total. The average Bonchev–Trinajstić information content (AvgIpc) is 2.34. The van der Waals surface area contributed by atoms with E-state index in [-0.39, 0.29) is 18.2 Å². The molecule has 1 fully saturated rings. The first-order chi connectivity index (χ1) is 8.46. The van der Waals surface area contributed by atoms with Crippen LogP contribution in [0.1, 0.15) is 39.5 Å². The Labute approximate surface area is 110 Å². The van der Waals surface area contributed by atoms with Crippen LogP contribution in [0.4, 0.5) is 4.39 Å². The van der Waals surface area contributed by atoms with E-state index in [9.17, 15) is 12.8 Å². The Morgan fingerprint density at radius 3 is 2.78 bits per heavy atom. The first kappa shape index (κ1) is 15.9. The molecule has 0 radical (unpaired) electrons. The van der Waals surface area contributed by atoms with Gasteiger partial charge in [0.15, 0.2) is 0 Å². The summed E-state index contributed by atoms with van der Waals surface area (Å²) in [7, 11) is -3.31. The molecule has 0 aromatic carbocycles. The van der Waals surface area contributed by atoms with Gasteiger partial charge in [0.05, 0.1) is 12.4 Å². The minimum Gasteiger partial charge on any atom is -0.297 e. The highest BCUT2D eigenvalue weighted by molar-refractivity contribution is 7.89. The lowest BCUT2D eigenvalue weighted by Gasteiger charge is -2.38. The molecule has 1 heterocycles. The van der Waals surface area contributed by atoms with Crippen molar-refractivity contribution < 1.29 is 12.8 Å². The molecule has 0 amide bonds. The van der Waals surface area contributed by atoms with Crippen molar-refractivity contribution in [3.8, 4) is 0 Å². The molecule has 0 aromatic rings. The Morgan fingerprint density at radius 2 is 2.17 bits per heavy atom. The molecule has 0 bridgehead atoms. The number of piperidine rings is 1. The summed E-state index contributed by atoms with van der Waals surface area (Å²) in [5.74, 6) is -0.119. The zero-order valence-electron chi connectivity index (χ0n) is 11.4. The maximum absolute atomic E-state index is 12.0. The minimum atomic E-state index is -3.31. The van der Waals surface area contributed by atoms with Gasteiger partial charge >= 0.3 is 0 Å². The SMILES string of the molecule is C[C@H]1CCCCN1[C@@H](C)CNS(=O)(=O)CCCF. The monoisotopic (exact) mass is 280 g/mol. The molecule has 4 nitrogen and oxygen atoms in total. The van der Waals surface area contributed by atoms with Crippen LogP contribution < -0.4 is 4.72 Å². The molecule has 6 heteroatoms. The number of hydrogen-bond donors (Lipinski definition) is 1. The second-order valence-corrected chi connectivity index (χ2v) is 7.07. The van der Waals surface area contributed by atoms with Gasteiger partial charge < -0.3 is 0 Å². The third-order valence-corrected chi connectivity index (χ3v) is 5.00. The van der Waals surface area contributed by atoms with Gasteiger partial charge in [-0.15, -0.1) is 0 Å². The second-order valence-electron chi connectivity index (χ2n) is 5.14. The smallest absolute Gasteiger partial charge is 0.211 e.